The molecule has 0 atom stereocenters. The van der Waals surface area contributed by atoms with Gasteiger partial charge < -0.3 is 20.1 Å². The molecule has 2 N–H and O–H groups in total. The van der Waals surface area contributed by atoms with Crippen LogP contribution >= 0.6 is 0 Å². The summed E-state index contributed by atoms with van der Waals surface area (Å²) >= 11 is 0. The van der Waals surface area contributed by atoms with E-state index in [0.717, 1.165) is 54.8 Å². The van der Waals surface area contributed by atoms with Gasteiger partial charge in [0, 0.05) is 49.9 Å². The van der Waals surface area contributed by atoms with E-state index in [-0.39, 0.29) is 0 Å². The molecular weight excluding hydrogens is 328 g/mol. The molecule has 0 aromatic carbocycles. The molecule has 0 radical (unpaired) electrons. The number of rotatable bonds is 4. The second kappa shape index (κ2) is 5.63. The first-order valence-electron chi connectivity index (χ1n) is 9.00. The van der Waals surface area contributed by atoms with Gasteiger partial charge in [0.2, 0.25) is 5.95 Å². The SMILES string of the molecule is CC(C)n1cnc2cnc(Nc3ccnc(N4CC5(CNC5)C4)n3)cc21. The van der Waals surface area contributed by atoms with Gasteiger partial charge in [0.25, 0.3) is 0 Å². The Morgan fingerprint density at radius 2 is 2.00 bits per heavy atom. The van der Waals surface area contributed by atoms with Gasteiger partial charge >= 0.3 is 0 Å². The number of hydrogen-bond donors (Lipinski definition) is 2. The van der Waals surface area contributed by atoms with E-state index in [1.54, 1.807) is 12.4 Å². The Hall–Kier alpha value is -2.74. The van der Waals surface area contributed by atoms with Crippen molar-refractivity contribution in [2.75, 3.05) is 36.4 Å². The lowest BCUT2D eigenvalue weighted by Crippen LogP contribution is -2.71. The molecule has 5 rings (SSSR count). The Morgan fingerprint density at radius 1 is 1.15 bits per heavy atom. The molecule has 0 amide bonds. The maximum Gasteiger partial charge on any atom is 0.227 e. The van der Waals surface area contributed by atoms with Gasteiger partial charge in [-0.2, -0.15) is 4.98 Å². The van der Waals surface area contributed by atoms with Crippen LogP contribution in [-0.2, 0) is 0 Å². The van der Waals surface area contributed by atoms with Crippen LogP contribution < -0.4 is 15.5 Å². The lowest BCUT2D eigenvalue weighted by molar-refractivity contribution is 0.119. The van der Waals surface area contributed by atoms with Crippen molar-refractivity contribution >= 4 is 28.6 Å². The monoisotopic (exact) mass is 350 g/mol. The number of imidazole rings is 1. The fourth-order valence-electron chi connectivity index (χ4n) is 3.72. The summed E-state index contributed by atoms with van der Waals surface area (Å²) in [5.74, 6) is 2.29. The molecule has 2 fully saturated rings. The van der Waals surface area contributed by atoms with Crippen LogP contribution in [0.1, 0.15) is 19.9 Å². The highest BCUT2D eigenvalue weighted by Gasteiger charge is 2.48. The van der Waals surface area contributed by atoms with Crippen LogP contribution in [0.2, 0.25) is 0 Å². The van der Waals surface area contributed by atoms with Gasteiger partial charge in [-0.25, -0.2) is 15.0 Å². The highest BCUT2D eigenvalue weighted by Crippen LogP contribution is 2.36. The Morgan fingerprint density at radius 3 is 2.73 bits per heavy atom. The second-order valence-electron chi connectivity index (χ2n) is 7.63. The molecule has 134 valence electrons. The minimum atomic E-state index is 0.348. The maximum absolute atomic E-state index is 4.66. The van der Waals surface area contributed by atoms with Crippen molar-refractivity contribution in [3.05, 3.63) is 30.9 Å². The molecule has 5 heterocycles. The van der Waals surface area contributed by atoms with Crippen molar-refractivity contribution < 1.29 is 0 Å². The van der Waals surface area contributed by atoms with E-state index in [4.69, 9.17) is 0 Å². The van der Waals surface area contributed by atoms with Gasteiger partial charge in [0.15, 0.2) is 0 Å². The number of pyridine rings is 1. The van der Waals surface area contributed by atoms with Crippen LogP contribution in [0.3, 0.4) is 0 Å². The summed E-state index contributed by atoms with van der Waals surface area (Å²) in [6, 6.07) is 4.24. The van der Waals surface area contributed by atoms with E-state index in [2.05, 4.69) is 53.9 Å². The number of hydrogen-bond acceptors (Lipinski definition) is 7. The van der Waals surface area contributed by atoms with E-state index in [9.17, 15) is 0 Å². The molecule has 2 aliphatic rings. The van der Waals surface area contributed by atoms with Crippen molar-refractivity contribution in [1.82, 2.24) is 29.8 Å². The molecule has 8 heteroatoms. The molecule has 26 heavy (non-hydrogen) atoms. The largest absolute Gasteiger partial charge is 0.339 e. The van der Waals surface area contributed by atoms with Crippen molar-refractivity contribution in [3.63, 3.8) is 0 Å². The van der Waals surface area contributed by atoms with Crippen LogP contribution in [0.5, 0.6) is 0 Å². The minimum absolute atomic E-state index is 0.348. The van der Waals surface area contributed by atoms with E-state index >= 15 is 0 Å². The molecule has 0 bridgehead atoms. The van der Waals surface area contributed by atoms with E-state index in [1.165, 1.54) is 0 Å². The standard InChI is InChI=1S/C18H22N8/c1-12(2)26-11-22-13-6-21-16(5-14(13)26)23-15-3-4-20-17(24-15)25-9-18(10-25)7-19-8-18/h3-6,11-12,19H,7-10H2,1-2H3,(H,20,21,23,24). The summed E-state index contributed by atoms with van der Waals surface area (Å²) in [7, 11) is 0. The molecule has 2 aliphatic heterocycles. The molecule has 8 nitrogen and oxygen atoms in total. The quantitative estimate of drug-likeness (QED) is 0.744. The summed E-state index contributed by atoms with van der Waals surface area (Å²) < 4.78 is 2.14. The van der Waals surface area contributed by atoms with Gasteiger partial charge in [-0.15, -0.1) is 0 Å². The fourth-order valence-corrected chi connectivity index (χ4v) is 3.72. The van der Waals surface area contributed by atoms with Crippen LogP contribution in [0.15, 0.2) is 30.9 Å². The third-order valence-electron chi connectivity index (χ3n) is 5.25. The summed E-state index contributed by atoms with van der Waals surface area (Å²) in [6.45, 7) is 8.55. The predicted molar refractivity (Wildman–Crippen MR) is 101 cm³/mol. The topological polar surface area (TPSA) is 83.8 Å². The summed E-state index contributed by atoms with van der Waals surface area (Å²) in [4.78, 5) is 20.2. The zero-order chi connectivity index (χ0) is 17.7. The van der Waals surface area contributed by atoms with Crippen LogP contribution in [0, 0.1) is 5.41 Å². The summed E-state index contributed by atoms with van der Waals surface area (Å²) in [5, 5.41) is 6.65. The molecule has 2 saturated heterocycles. The first-order valence-corrected chi connectivity index (χ1v) is 9.00. The summed E-state index contributed by atoms with van der Waals surface area (Å²) in [5.41, 5.74) is 2.41. The molecule has 3 aromatic heterocycles. The molecule has 3 aromatic rings. The lowest BCUT2D eigenvalue weighted by atomic mass is 9.75. The smallest absolute Gasteiger partial charge is 0.227 e. The number of fused-ring (bicyclic) bond motifs is 1. The van der Waals surface area contributed by atoms with Gasteiger partial charge in [-0.05, 0) is 19.9 Å². The lowest BCUT2D eigenvalue weighted by Gasteiger charge is -2.55. The fraction of sp³-hybridized carbons (Fsp3) is 0.444. The number of nitrogens with one attached hydrogen (secondary N) is 2. The number of nitrogens with zero attached hydrogens (tertiary/aromatic N) is 6. The van der Waals surface area contributed by atoms with E-state index in [1.807, 2.05) is 18.5 Å². The van der Waals surface area contributed by atoms with E-state index < -0.39 is 0 Å². The molecule has 0 aliphatic carbocycles. The Balaban J connectivity index is 1.37. The zero-order valence-electron chi connectivity index (χ0n) is 15.0. The number of aromatic nitrogens is 5. The van der Waals surface area contributed by atoms with Crippen molar-refractivity contribution in [3.8, 4) is 0 Å². The molecule has 0 unspecified atom stereocenters. The molecule has 0 saturated carbocycles. The van der Waals surface area contributed by atoms with Gasteiger partial charge in [0.05, 0.1) is 18.0 Å². The maximum atomic E-state index is 4.66. The van der Waals surface area contributed by atoms with Crippen molar-refractivity contribution in [2.45, 2.75) is 19.9 Å². The average Bonchev–Trinajstić information content (AvgIpc) is 2.96. The first kappa shape index (κ1) is 15.5. The normalized spacial score (nSPS) is 18.2. The predicted octanol–water partition coefficient (Wildman–Crippen LogP) is 1.96. The highest BCUT2D eigenvalue weighted by molar-refractivity contribution is 5.78. The average molecular weight is 350 g/mol. The van der Waals surface area contributed by atoms with Crippen LogP contribution in [0.25, 0.3) is 11.0 Å². The zero-order valence-corrected chi connectivity index (χ0v) is 15.0. The van der Waals surface area contributed by atoms with Crippen molar-refractivity contribution in [2.24, 2.45) is 5.41 Å². The summed E-state index contributed by atoms with van der Waals surface area (Å²) in [6.07, 6.45) is 5.45. The highest BCUT2D eigenvalue weighted by atomic mass is 15.3. The first-order chi connectivity index (χ1) is 12.6. The Bertz CT molecular complexity index is 951. The Kier molecular flexibility index (Phi) is 3.36. The number of anilines is 3. The van der Waals surface area contributed by atoms with Crippen molar-refractivity contribution in [1.29, 1.82) is 0 Å². The van der Waals surface area contributed by atoms with Crippen LogP contribution in [-0.4, -0.2) is 50.7 Å². The third kappa shape index (κ3) is 2.48. The molecule has 1 spiro atoms. The van der Waals surface area contributed by atoms with Gasteiger partial charge in [0.1, 0.15) is 17.2 Å². The minimum Gasteiger partial charge on any atom is -0.339 e. The van der Waals surface area contributed by atoms with Crippen LogP contribution in [0.4, 0.5) is 17.6 Å². The second-order valence-corrected chi connectivity index (χ2v) is 7.63. The van der Waals surface area contributed by atoms with E-state index in [0.29, 0.717) is 11.5 Å². The third-order valence-corrected chi connectivity index (χ3v) is 5.25. The Labute approximate surface area is 151 Å². The van der Waals surface area contributed by atoms with Gasteiger partial charge in [-0.1, -0.05) is 0 Å². The van der Waals surface area contributed by atoms with Gasteiger partial charge in [-0.3, -0.25) is 0 Å². The molecular formula is C18H22N8.